The van der Waals surface area contributed by atoms with Crippen LogP contribution in [0.4, 0.5) is 0 Å². The second-order valence-corrected chi connectivity index (χ2v) is 8.75. The molecule has 0 spiro atoms. The molecular formula is C27H26ClN3O3. The van der Waals surface area contributed by atoms with Crippen LogP contribution >= 0.6 is 11.6 Å². The van der Waals surface area contributed by atoms with E-state index in [1.807, 2.05) is 42.5 Å². The number of carbonyl (C=O) groups excluding carboxylic acids is 3. The van der Waals surface area contributed by atoms with Crippen LogP contribution in [0.25, 0.3) is 0 Å². The Kier molecular flexibility index (Phi) is 7.60. The predicted molar refractivity (Wildman–Crippen MR) is 131 cm³/mol. The first kappa shape index (κ1) is 23.5. The van der Waals surface area contributed by atoms with Crippen LogP contribution in [0.15, 0.2) is 78.9 Å². The Labute approximate surface area is 203 Å². The van der Waals surface area contributed by atoms with Gasteiger partial charge in [0.05, 0.1) is 23.0 Å². The van der Waals surface area contributed by atoms with Gasteiger partial charge >= 0.3 is 0 Å². The van der Waals surface area contributed by atoms with Gasteiger partial charge in [-0.15, -0.1) is 0 Å². The lowest BCUT2D eigenvalue weighted by Gasteiger charge is -2.19. The SMILES string of the molecule is O=C(CC(NC(=O)c1ccccc1Cl)c1ccccc1)NCc1ccc(C(=O)NC2CC2)cc1. The second kappa shape index (κ2) is 11.0. The fraction of sp³-hybridized carbons (Fsp3) is 0.222. The summed E-state index contributed by atoms with van der Waals surface area (Å²) in [7, 11) is 0. The zero-order valence-electron chi connectivity index (χ0n) is 18.6. The van der Waals surface area contributed by atoms with E-state index in [1.54, 1.807) is 36.4 Å². The molecule has 7 heteroatoms. The predicted octanol–water partition coefficient (Wildman–Crippen LogP) is 4.41. The van der Waals surface area contributed by atoms with Crippen molar-refractivity contribution in [3.05, 3.63) is 106 Å². The highest BCUT2D eigenvalue weighted by Gasteiger charge is 2.24. The van der Waals surface area contributed by atoms with Crippen molar-refractivity contribution < 1.29 is 14.4 Å². The minimum absolute atomic E-state index is 0.0713. The summed E-state index contributed by atoms with van der Waals surface area (Å²) >= 11 is 6.17. The fourth-order valence-electron chi connectivity index (χ4n) is 3.55. The maximum absolute atomic E-state index is 12.8. The molecule has 0 radical (unpaired) electrons. The average Bonchev–Trinajstić information content (AvgIpc) is 3.67. The van der Waals surface area contributed by atoms with Crippen molar-refractivity contribution in [1.82, 2.24) is 16.0 Å². The van der Waals surface area contributed by atoms with Gasteiger partial charge in [-0.1, -0.05) is 66.2 Å². The molecule has 1 aliphatic carbocycles. The lowest BCUT2D eigenvalue weighted by atomic mass is 10.0. The monoisotopic (exact) mass is 475 g/mol. The van der Waals surface area contributed by atoms with Gasteiger partial charge in [0.1, 0.15) is 0 Å². The molecule has 174 valence electrons. The smallest absolute Gasteiger partial charge is 0.253 e. The molecule has 1 unspecified atom stereocenters. The minimum atomic E-state index is -0.515. The molecule has 4 rings (SSSR count). The van der Waals surface area contributed by atoms with Crippen LogP contribution in [0, 0.1) is 0 Å². The molecule has 1 atom stereocenters. The zero-order chi connectivity index (χ0) is 23.9. The number of hydrogen-bond acceptors (Lipinski definition) is 3. The quantitative estimate of drug-likeness (QED) is 0.428. The average molecular weight is 476 g/mol. The highest BCUT2D eigenvalue weighted by molar-refractivity contribution is 6.33. The first-order valence-corrected chi connectivity index (χ1v) is 11.6. The number of nitrogens with one attached hydrogen (secondary N) is 3. The van der Waals surface area contributed by atoms with Gasteiger partial charge in [0.25, 0.3) is 11.8 Å². The van der Waals surface area contributed by atoms with Crippen LogP contribution in [0.1, 0.15) is 57.1 Å². The van der Waals surface area contributed by atoms with E-state index in [9.17, 15) is 14.4 Å². The van der Waals surface area contributed by atoms with Gasteiger partial charge in [-0.05, 0) is 48.2 Å². The van der Waals surface area contributed by atoms with Gasteiger partial charge in [0, 0.05) is 18.2 Å². The zero-order valence-corrected chi connectivity index (χ0v) is 19.3. The van der Waals surface area contributed by atoms with Crippen molar-refractivity contribution in [1.29, 1.82) is 0 Å². The molecule has 3 N–H and O–H groups in total. The maximum Gasteiger partial charge on any atom is 0.253 e. The Bertz CT molecular complexity index is 1160. The topological polar surface area (TPSA) is 87.3 Å². The van der Waals surface area contributed by atoms with E-state index in [4.69, 9.17) is 11.6 Å². The van der Waals surface area contributed by atoms with Gasteiger partial charge in [-0.3, -0.25) is 14.4 Å². The number of hydrogen-bond donors (Lipinski definition) is 3. The largest absolute Gasteiger partial charge is 0.352 e. The van der Waals surface area contributed by atoms with E-state index >= 15 is 0 Å². The molecule has 3 aromatic rings. The summed E-state index contributed by atoms with van der Waals surface area (Å²) in [5.74, 6) is -0.616. The Morgan fingerprint density at radius 3 is 2.21 bits per heavy atom. The Balaban J connectivity index is 1.36. The normalized spacial score (nSPS) is 13.6. The fourth-order valence-corrected chi connectivity index (χ4v) is 3.77. The van der Waals surface area contributed by atoms with Gasteiger partial charge in [0.2, 0.25) is 5.91 Å². The molecule has 3 aromatic carbocycles. The first-order chi connectivity index (χ1) is 16.5. The molecule has 34 heavy (non-hydrogen) atoms. The van der Waals surface area contributed by atoms with Crippen molar-refractivity contribution >= 4 is 29.3 Å². The Morgan fingerprint density at radius 1 is 0.853 bits per heavy atom. The highest BCUT2D eigenvalue weighted by atomic mass is 35.5. The number of halogens is 1. The standard InChI is InChI=1S/C27H26ClN3O3/c28-23-9-5-4-8-22(23)27(34)31-24(19-6-2-1-3-7-19)16-25(32)29-17-18-10-12-20(13-11-18)26(33)30-21-14-15-21/h1-13,21,24H,14-17H2,(H,29,32)(H,30,33)(H,31,34). The number of amides is 3. The van der Waals surface area contributed by atoms with Crippen molar-refractivity contribution in [2.75, 3.05) is 0 Å². The third-order valence-electron chi connectivity index (χ3n) is 5.63. The highest BCUT2D eigenvalue weighted by Crippen LogP contribution is 2.21. The molecule has 6 nitrogen and oxygen atoms in total. The van der Waals surface area contributed by atoms with E-state index in [1.165, 1.54) is 0 Å². The van der Waals surface area contributed by atoms with Crippen LogP contribution in [-0.2, 0) is 11.3 Å². The number of rotatable bonds is 9. The van der Waals surface area contributed by atoms with E-state index in [0.29, 0.717) is 28.7 Å². The molecule has 0 aliphatic heterocycles. The number of carbonyl (C=O) groups is 3. The van der Waals surface area contributed by atoms with Gasteiger partial charge in [-0.25, -0.2) is 0 Å². The van der Waals surface area contributed by atoms with E-state index in [2.05, 4.69) is 16.0 Å². The van der Waals surface area contributed by atoms with Crippen molar-refractivity contribution in [3.8, 4) is 0 Å². The van der Waals surface area contributed by atoms with Crippen LogP contribution in [0.2, 0.25) is 5.02 Å². The summed E-state index contributed by atoms with van der Waals surface area (Å²) < 4.78 is 0. The summed E-state index contributed by atoms with van der Waals surface area (Å²) in [5, 5.41) is 9.14. The van der Waals surface area contributed by atoms with Crippen LogP contribution in [-0.4, -0.2) is 23.8 Å². The van der Waals surface area contributed by atoms with Crippen molar-refractivity contribution in [2.24, 2.45) is 0 Å². The maximum atomic E-state index is 12.8. The second-order valence-electron chi connectivity index (χ2n) is 8.34. The van der Waals surface area contributed by atoms with Crippen LogP contribution < -0.4 is 16.0 Å². The van der Waals surface area contributed by atoms with Crippen molar-refractivity contribution in [3.63, 3.8) is 0 Å². The Morgan fingerprint density at radius 2 is 1.53 bits per heavy atom. The molecule has 1 fully saturated rings. The summed E-state index contributed by atoms with van der Waals surface area (Å²) in [4.78, 5) is 37.7. The molecule has 0 bridgehead atoms. The summed E-state index contributed by atoms with van der Waals surface area (Å²) in [6.07, 6.45) is 2.15. The van der Waals surface area contributed by atoms with E-state index < -0.39 is 6.04 Å². The molecule has 0 aromatic heterocycles. The third-order valence-corrected chi connectivity index (χ3v) is 5.96. The molecule has 1 saturated carbocycles. The van der Waals surface area contributed by atoms with Gasteiger partial charge < -0.3 is 16.0 Å². The minimum Gasteiger partial charge on any atom is -0.352 e. The molecule has 1 aliphatic rings. The molecule has 3 amide bonds. The lowest BCUT2D eigenvalue weighted by Crippen LogP contribution is -2.33. The van der Waals surface area contributed by atoms with Crippen LogP contribution in [0.5, 0.6) is 0 Å². The number of benzene rings is 3. The summed E-state index contributed by atoms with van der Waals surface area (Å²) in [6, 6.07) is 23.1. The summed E-state index contributed by atoms with van der Waals surface area (Å²) in [6.45, 7) is 0.323. The van der Waals surface area contributed by atoms with Gasteiger partial charge in [-0.2, -0.15) is 0 Å². The third kappa shape index (κ3) is 6.45. The molecular weight excluding hydrogens is 450 g/mol. The Hall–Kier alpha value is -3.64. The first-order valence-electron chi connectivity index (χ1n) is 11.3. The van der Waals surface area contributed by atoms with E-state index in [-0.39, 0.29) is 24.1 Å². The van der Waals surface area contributed by atoms with Crippen molar-refractivity contribution in [2.45, 2.75) is 37.9 Å². The molecule has 0 saturated heterocycles. The lowest BCUT2D eigenvalue weighted by molar-refractivity contribution is -0.121. The molecule has 0 heterocycles. The van der Waals surface area contributed by atoms with Crippen LogP contribution in [0.3, 0.4) is 0 Å². The van der Waals surface area contributed by atoms with Gasteiger partial charge in [0.15, 0.2) is 0 Å². The summed E-state index contributed by atoms with van der Waals surface area (Å²) in [5.41, 5.74) is 2.67. The van der Waals surface area contributed by atoms with E-state index in [0.717, 1.165) is 24.0 Å².